The average molecular weight is 476 g/mol. The van der Waals surface area contributed by atoms with Gasteiger partial charge in [0.2, 0.25) is 5.78 Å². The minimum absolute atomic E-state index is 0.174. The molecule has 35 heavy (non-hydrogen) atoms. The smallest absolute Gasteiger partial charge is 0.231 e. The normalized spacial score (nSPS) is 15.9. The van der Waals surface area contributed by atoms with E-state index in [1.54, 1.807) is 44.6 Å². The third-order valence-corrected chi connectivity index (χ3v) is 6.36. The summed E-state index contributed by atoms with van der Waals surface area (Å²) in [6.07, 6.45) is 2.47. The number of fused-ring (bicyclic) bond motifs is 2. The Labute approximate surface area is 203 Å². The molecule has 0 aliphatic carbocycles. The Morgan fingerprint density at radius 2 is 1.86 bits per heavy atom. The molecule has 5 rings (SSSR count). The molecule has 0 radical (unpaired) electrons. The molecule has 2 heterocycles. The first kappa shape index (κ1) is 22.9. The Balaban J connectivity index is 1.37. The number of ketones is 1. The van der Waals surface area contributed by atoms with Gasteiger partial charge in [0.05, 0.1) is 19.8 Å². The monoisotopic (exact) mass is 475 g/mol. The van der Waals surface area contributed by atoms with Crippen molar-refractivity contribution in [3.05, 3.63) is 87.9 Å². The summed E-state index contributed by atoms with van der Waals surface area (Å²) < 4.78 is 36.0. The fourth-order valence-electron chi connectivity index (χ4n) is 4.46. The third-order valence-electron chi connectivity index (χ3n) is 6.36. The summed E-state index contributed by atoms with van der Waals surface area (Å²) in [6, 6.07) is 13.8. The van der Waals surface area contributed by atoms with Crippen molar-refractivity contribution in [3.8, 4) is 23.0 Å². The summed E-state index contributed by atoms with van der Waals surface area (Å²) in [4.78, 5) is 15.4. The maximum atomic E-state index is 13.2. The number of benzene rings is 3. The molecule has 6 nitrogen and oxygen atoms in total. The molecule has 0 aromatic heterocycles. The second-order valence-corrected chi connectivity index (χ2v) is 8.62. The molecule has 0 spiro atoms. The molecule has 0 bridgehead atoms. The molecule has 0 saturated carbocycles. The van der Waals surface area contributed by atoms with Crippen LogP contribution in [0.4, 0.5) is 4.39 Å². The van der Waals surface area contributed by atoms with Crippen molar-refractivity contribution in [3.63, 3.8) is 0 Å². The van der Waals surface area contributed by atoms with Crippen LogP contribution < -0.4 is 18.9 Å². The first-order valence-corrected chi connectivity index (χ1v) is 11.4. The van der Waals surface area contributed by atoms with Gasteiger partial charge >= 0.3 is 0 Å². The molecule has 0 N–H and O–H groups in total. The van der Waals surface area contributed by atoms with E-state index in [1.807, 2.05) is 19.1 Å². The van der Waals surface area contributed by atoms with Crippen LogP contribution in [0.2, 0.25) is 0 Å². The second-order valence-electron chi connectivity index (χ2n) is 8.62. The highest BCUT2D eigenvalue weighted by Crippen LogP contribution is 2.43. The lowest BCUT2D eigenvalue weighted by atomic mass is 9.99. The summed E-state index contributed by atoms with van der Waals surface area (Å²) in [5.74, 6) is 2.37. The van der Waals surface area contributed by atoms with Crippen molar-refractivity contribution in [2.24, 2.45) is 0 Å². The largest absolute Gasteiger partial charge is 0.497 e. The van der Waals surface area contributed by atoms with Gasteiger partial charge < -0.3 is 18.9 Å². The number of carbonyl (C=O) groups is 1. The first-order valence-electron chi connectivity index (χ1n) is 11.4. The van der Waals surface area contributed by atoms with Gasteiger partial charge in [-0.2, -0.15) is 0 Å². The fourth-order valence-corrected chi connectivity index (χ4v) is 4.46. The highest BCUT2D eigenvalue weighted by atomic mass is 19.1. The molecule has 0 unspecified atom stereocenters. The Kier molecular flexibility index (Phi) is 6.17. The minimum atomic E-state index is -0.237. The van der Waals surface area contributed by atoms with E-state index in [4.69, 9.17) is 18.9 Å². The average Bonchev–Trinajstić information content (AvgIpc) is 3.19. The molecule has 0 atom stereocenters. The Bertz CT molecular complexity index is 1320. The van der Waals surface area contributed by atoms with Gasteiger partial charge in [0.25, 0.3) is 0 Å². The summed E-state index contributed by atoms with van der Waals surface area (Å²) in [5, 5.41) is 0. The number of ether oxygens (including phenoxy) is 4. The Morgan fingerprint density at radius 3 is 2.60 bits per heavy atom. The van der Waals surface area contributed by atoms with Crippen LogP contribution in [-0.4, -0.2) is 38.2 Å². The van der Waals surface area contributed by atoms with E-state index in [2.05, 4.69) is 4.90 Å². The zero-order valence-corrected chi connectivity index (χ0v) is 19.9. The molecular formula is C28H26FNO5. The number of rotatable bonds is 6. The molecule has 0 saturated heterocycles. The molecule has 2 aliphatic rings. The number of hydrogen-bond donors (Lipinski definition) is 0. The molecule has 3 aromatic rings. The van der Waals surface area contributed by atoms with Crippen LogP contribution in [0.1, 0.15) is 32.6 Å². The summed E-state index contributed by atoms with van der Waals surface area (Å²) >= 11 is 0. The van der Waals surface area contributed by atoms with E-state index in [0.29, 0.717) is 36.1 Å². The van der Waals surface area contributed by atoms with Crippen molar-refractivity contribution in [1.82, 2.24) is 4.90 Å². The molecule has 7 heteroatoms. The van der Waals surface area contributed by atoms with Gasteiger partial charge in [-0.25, -0.2) is 4.39 Å². The highest BCUT2D eigenvalue weighted by Gasteiger charge is 2.33. The number of methoxy groups -OCH3 is 2. The highest BCUT2D eigenvalue weighted by molar-refractivity contribution is 6.15. The summed E-state index contributed by atoms with van der Waals surface area (Å²) in [6.45, 7) is 3.76. The topological polar surface area (TPSA) is 57.2 Å². The number of nitrogens with zero attached hydrogens (tertiary/aromatic N) is 1. The molecule has 3 aromatic carbocycles. The van der Waals surface area contributed by atoms with Crippen LogP contribution in [0.15, 0.2) is 54.3 Å². The summed E-state index contributed by atoms with van der Waals surface area (Å²) in [7, 11) is 3.16. The fraction of sp³-hybridized carbons (Fsp3) is 0.250. The van der Waals surface area contributed by atoms with Crippen LogP contribution >= 0.6 is 0 Å². The van der Waals surface area contributed by atoms with Crippen LogP contribution in [0, 0.1) is 12.7 Å². The maximum absolute atomic E-state index is 13.2. The lowest BCUT2D eigenvalue weighted by molar-refractivity contribution is 0.0954. The molecule has 0 amide bonds. The lowest BCUT2D eigenvalue weighted by Gasteiger charge is -2.30. The first-order chi connectivity index (χ1) is 17.0. The van der Waals surface area contributed by atoms with Gasteiger partial charge in [-0.3, -0.25) is 9.69 Å². The van der Waals surface area contributed by atoms with E-state index in [0.717, 1.165) is 41.0 Å². The van der Waals surface area contributed by atoms with E-state index in [-0.39, 0.29) is 17.4 Å². The maximum Gasteiger partial charge on any atom is 0.231 e. The standard InChI is InChI=1S/C28H26FNO5/c1-17-27-20(15-30(16-34-27)11-10-18-4-7-21(29)8-5-18)12-23-26(31)25(35-28(17)23)13-19-6-9-22(32-2)14-24(19)33-3/h4-9,12-14H,10-11,15-16H2,1-3H3/b25-13-. The second kappa shape index (κ2) is 9.43. The molecule has 180 valence electrons. The van der Waals surface area contributed by atoms with E-state index >= 15 is 0 Å². The SMILES string of the molecule is COc1ccc(/C=C2\Oc3c(cc4c(c3C)OCN(CCc3ccc(F)cc3)C4)C2=O)c(OC)c1. The van der Waals surface area contributed by atoms with Gasteiger partial charge in [-0.15, -0.1) is 0 Å². The van der Waals surface area contributed by atoms with Gasteiger partial charge in [-0.1, -0.05) is 12.1 Å². The Morgan fingerprint density at radius 1 is 1.06 bits per heavy atom. The minimum Gasteiger partial charge on any atom is -0.497 e. The van der Waals surface area contributed by atoms with Crippen LogP contribution in [0.3, 0.4) is 0 Å². The number of Topliss-reactive ketones (excluding diaryl/α,β-unsaturated/α-hetero) is 1. The third kappa shape index (κ3) is 4.47. The van der Waals surface area contributed by atoms with Crippen molar-refractivity contribution >= 4 is 11.9 Å². The number of halogens is 1. The van der Waals surface area contributed by atoms with E-state index in [9.17, 15) is 9.18 Å². The van der Waals surface area contributed by atoms with Gasteiger partial charge in [0.1, 0.15) is 35.5 Å². The number of hydrogen-bond acceptors (Lipinski definition) is 6. The predicted molar refractivity (Wildman–Crippen MR) is 130 cm³/mol. The molecular weight excluding hydrogens is 449 g/mol. The van der Waals surface area contributed by atoms with Crippen molar-refractivity contribution < 1.29 is 28.1 Å². The summed E-state index contributed by atoms with van der Waals surface area (Å²) in [5.41, 5.74) is 4.08. The molecule has 0 fully saturated rings. The van der Waals surface area contributed by atoms with Gasteiger partial charge in [-0.05, 0) is 55.3 Å². The van der Waals surface area contributed by atoms with Crippen LogP contribution in [-0.2, 0) is 13.0 Å². The lowest BCUT2D eigenvalue weighted by Crippen LogP contribution is -2.34. The van der Waals surface area contributed by atoms with Crippen molar-refractivity contribution in [2.45, 2.75) is 19.9 Å². The number of allylic oxidation sites excluding steroid dienone is 1. The zero-order chi connectivity index (χ0) is 24.5. The molecule has 2 aliphatic heterocycles. The van der Waals surface area contributed by atoms with E-state index < -0.39 is 0 Å². The quantitative estimate of drug-likeness (QED) is 0.459. The zero-order valence-electron chi connectivity index (χ0n) is 19.9. The number of carbonyl (C=O) groups excluding carboxylic acids is 1. The van der Waals surface area contributed by atoms with Crippen molar-refractivity contribution in [2.75, 3.05) is 27.5 Å². The van der Waals surface area contributed by atoms with Gasteiger partial charge in [0, 0.05) is 35.8 Å². The Hall–Kier alpha value is -3.84. The van der Waals surface area contributed by atoms with E-state index in [1.165, 1.54) is 12.1 Å². The van der Waals surface area contributed by atoms with Crippen molar-refractivity contribution in [1.29, 1.82) is 0 Å². The van der Waals surface area contributed by atoms with Crippen LogP contribution in [0.25, 0.3) is 6.08 Å². The van der Waals surface area contributed by atoms with Crippen LogP contribution in [0.5, 0.6) is 23.0 Å². The van der Waals surface area contributed by atoms with Gasteiger partial charge in [0.15, 0.2) is 5.76 Å². The predicted octanol–water partition coefficient (Wildman–Crippen LogP) is 5.16.